The number of rotatable bonds is 2. The van der Waals surface area contributed by atoms with Crippen LogP contribution in [0.15, 0.2) is 24.7 Å². The predicted molar refractivity (Wildman–Crippen MR) is 65.0 cm³/mol. The number of hydrogen-bond acceptors (Lipinski definition) is 4. The molecule has 90 valence electrons. The van der Waals surface area contributed by atoms with E-state index in [1.807, 2.05) is 12.2 Å². The van der Waals surface area contributed by atoms with Gasteiger partial charge in [0.25, 0.3) is 5.91 Å². The van der Waals surface area contributed by atoms with Crippen molar-refractivity contribution in [1.29, 1.82) is 0 Å². The van der Waals surface area contributed by atoms with Gasteiger partial charge in [0.05, 0.1) is 5.69 Å². The quantitative estimate of drug-likeness (QED) is 0.839. The molecule has 18 heavy (non-hydrogen) atoms. The standard InChI is InChI=1S/C12H11N5O/c13-12(18)11-8-3-1-2-4-9(8)17(16-11)10-5-6-14-7-15-10/h1,3,5-7H,2,4H2,(H2,13,18). The first-order valence-electron chi connectivity index (χ1n) is 5.62. The summed E-state index contributed by atoms with van der Waals surface area (Å²) in [4.78, 5) is 19.4. The van der Waals surface area contributed by atoms with Crippen molar-refractivity contribution in [2.24, 2.45) is 5.73 Å². The molecule has 2 aromatic heterocycles. The molecule has 0 aliphatic heterocycles. The third kappa shape index (κ3) is 1.58. The molecule has 0 spiro atoms. The molecule has 1 aliphatic rings. The maximum atomic E-state index is 11.4. The molecule has 3 rings (SSSR count). The minimum absolute atomic E-state index is 0.291. The van der Waals surface area contributed by atoms with Crippen molar-refractivity contribution in [2.45, 2.75) is 12.8 Å². The van der Waals surface area contributed by atoms with E-state index >= 15 is 0 Å². The minimum Gasteiger partial charge on any atom is -0.364 e. The van der Waals surface area contributed by atoms with Crippen LogP contribution in [0.2, 0.25) is 0 Å². The Bertz CT molecular complexity index is 629. The largest absolute Gasteiger partial charge is 0.364 e. The van der Waals surface area contributed by atoms with Crippen molar-refractivity contribution in [3.8, 4) is 5.82 Å². The molecule has 2 heterocycles. The van der Waals surface area contributed by atoms with Crippen LogP contribution in [-0.2, 0) is 6.42 Å². The van der Waals surface area contributed by atoms with Crippen LogP contribution in [0.4, 0.5) is 0 Å². The van der Waals surface area contributed by atoms with E-state index in [0.717, 1.165) is 24.1 Å². The Hall–Kier alpha value is -2.50. The number of allylic oxidation sites excluding steroid dienone is 1. The summed E-state index contributed by atoms with van der Waals surface area (Å²) >= 11 is 0. The van der Waals surface area contributed by atoms with Crippen LogP contribution in [-0.4, -0.2) is 25.7 Å². The highest BCUT2D eigenvalue weighted by Crippen LogP contribution is 2.24. The number of carbonyl (C=O) groups excluding carboxylic acids is 1. The smallest absolute Gasteiger partial charge is 0.269 e. The Morgan fingerprint density at radius 3 is 3.06 bits per heavy atom. The Morgan fingerprint density at radius 2 is 2.33 bits per heavy atom. The zero-order valence-corrected chi connectivity index (χ0v) is 9.58. The number of aromatic nitrogens is 4. The lowest BCUT2D eigenvalue weighted by Crippen LogP contribution is -2.13. The van der Waals surface area contributed by atoms with Crippen molar-refractivity contribution in [3.63, 3.8) is 0 Å². The first kappa shape index (κ1) is 10.6. The maximum absolute atomic E-state index is 11.4. The first-order valence-corrected chi connectivity index (χ1v) is 5.62. The number of primary amides is 1. The Labute approximate surface area is 103 Å². The second kappa shape index (κ2) is 4.06. The van der Waals surface area contributed by atoms with Gasteiger partial charge in [-0.25, -0.2) is 14.6 Å². The third-order valence-electron chi connectivity index (χ3n) is 2.87. The van der Waals surface area contributed by atoms with Gasteiger partial charge >= 0.3 is 0 Å². The second-order valence-electron chi connectivity index (χ2n) is 3.99. The summed E-state index contributed by atoms with van der Waals surface area (Å²) in [5.74, 6) is 0.120. The van der Waals surface area contributed by atoms with Gasteiger partial charge in [0.2, 0.25) is 0 Å². The minimum atomic E-state index is -0.523. The Morgan fingerprint density at radius 1 is 1.44 bits per heavy atom. The van der Waals surface area contributed by atoms with E-state index in [2.05, 4.69) is 15.1 Å². The van der Waals surface area contributed by atoms with E-state index in [4.69, 9.17) is 5.73 Å². The fourth-order valence-electron chi connectivity index (χ4n) is 2.08. The van der Waals surface area contributed by atoms with Crippen LogP contribution in [0.25, 0.3) is 11.9 Å². The van der Waals surface area contributed by atoms with E-state index in [1.165, 1.54) is 6.33 Å². The predicted octanol–water partition coefficient (Wildman–Crippen LogP) is 0.721. The molecular weight excluding hydrogens is 230 g/mol. The molecule has 0 unspecified atom stereocenters. The van der Waals surface area contributed by atoms with Gasteiger partial charge in [-0.15, -0.1) is 0 Å². The van der Waals surface area contributed by atoms with Crippen LogP contribution >= 0.6 is 0 Å². The van der Waals surface area contributed by atoms with Gasteiger partial charge < -0.3 is 5.73 Å². The SMILES string of the molecule is NC(=O)c1nn(-c2ccncn2)c2c1C=CCC2. The van der Waals surface area contributed by atoms with Crippen molar-refractivity contribution in [3.05, 3.63) is 41.6 Å². The average Bonchev–Trinajstić information content (AvgIpc) is 2.79. The van der Waals surface area contributed by atoms with Crippen LogP contribution in [0.5, 0.6) is 0 Å². The van der Waals surface area contributed by atoms with E-state index in [9.17, 15) is 4.79 Å². The summed E-state index contributed by atoms with van der Waals surface area (Å²) in [5, 5.41) is 4.26. The zero-order valence-electron chi connectivity index (χ0n) is 9.58. The summed E-state index contributed by atoms with van der Waals surface area (Å²) in [6.45, 7) is 0. The van der Waals surface area contributed by atoms with E-state index in [1.54, 1.807) is 16.9 Å². The number of carbonyl (C=O) groups is 1. The Kier molecular flexibility index (Phi) is 2.40. The Balaban J connectivity index is 2.22. The number of hydrogen-bond donors (Lipinski definition) is 1. The summed E-state index contributed by atoms with van der Waals surface area (Å²) in [5.41, 5.74) is 7.40. The highest BCUT2D eigenvalue weighted by Gasteiger charge is 2.22. The average molecular weight is 241 g/mol. The van der Waals surface area contributed by atoms with Crippen LogP contribution in [0.3, 0.4) is 0 Å². The lowest BCUT2D eigenvalue weighted by molar-refractivity contribution is 0.0995. The highest BCUT2D eigenvalue weighted by molar-refractivity contribution is 5.95. The van der Waals surface area contributed by atoms with Crippen LogP contribution < -0.4 is 5.73 Å². The molecule has 0 aromatic carbocycles. The number of fused-ring (bicyclic) bond motifs is 1. The van der Waals surface area contributed by atoms with E-state index < -0.39 is 5.91 Å². The fraction of sp³-hybridized carbons (Fsp3) is 0.167. The van der Waals surface area contributed by atoms with Gasteiger partial charge in [-0.1, -0.05) is 12.2 Å². The first-order chi connectivity index (χ1) is 8.77. The third-order valence-corrected chi connectivity index (χ3v) is 2.87. The van der Waals surface area contributed by atoms with Crippen LogP contribution in [0, 0.1) is 0 Å². The monoisotopic (exact) mass is 241 g/mol. The summed E-state index contributed by atoms with van der Waals surface area (Å²) < 4.78 is 1.67. The maximum Gasteiger partial charge on any atom is 0.269 e. The molecule has 0 saturated heterocycles. The fourth-order valence-corrected chi connectivity index (χ4v) is 2.08. The number of nitrogens with zero attached hydrogens (tertiary/aromatic N) is 4. The lowest BCUT2D eigenvalue weighted by Gasteiger charge is -2.08. The van der Waals surface area contributed by atoms with Gasteiger partial charge in [-0.3, -0.25) is 4.79 Å². The van der Waals surface area contributed by atoms with Crippen molar-refractivity contribution in [2.75, 3.05) is 0 Å². The van der Waals surface area contributed by atoms with E-state index in [0.29, 0.717) is 11.5 Å². The molecule has 0 atom stereocenters. The number of nitrogens with two attached hydrogens (primary N) is 1. The van der Waals surface area contributed by atoms with Crippen molar-refractivity contribution in [1.82, 2.24) is 19.7 Å². The number of amides is 1. The summed E-state index contributed by atoms with van der Waals surface area (Å²) in [6.07, 6.45) is 8.73. The molecule has 0 fully saturated rings. The molecule has 0 bridgehead atoms. The summed E-state index contributed by atoms with van der Waals surface area (Å²) in [7, 11) is 0. The van der Waals surface area contributed by atoms with E-state index in [-0.39, 0.29) is 0 Å². The topological polar surface area (TPSA) is 86.7 Å². The zero-order chi connectivity index (χ0) is 12.5. The van der Waals surface area contributed by atoms with Crippen LogP contribution in [0.1, 0.15) is 28.2 Å². The van der Waals surface area contributed by atoms with Gasteiger partial charge in [0, 0.05) is 17.8 Å². The van der Waals surface area contributed by atoms with Gasteiger partial charge in [0.1, 0.15) is 6.33 Å². The molecule has 6 heteroatoms. The molecular formula is C12H11N5O. The summed E-state index contributed by atoms with van der Waals surface area (Å²) in [6, 6.07) is 1.75. The van der Waals surface area contributed by atoms with Crippen molar-refractivity contribution < 1.29 is 4.79 Å². The van der Waals surface area contributed by atoms with Crippen molar-refractivity contribution >= 4 is 12.0 Å². The molecule has 1 amide bonds. The molecule has 1 aliphatic carbocycles. The van der Waals surface area contributed by atoms with Gasteiger partial charge in [-0.2, -0.15) is 5.10 Å². The molecule has 2 aromatic rings. The molecule has 6 nitrogen and oxygen atoms in total. The molecule has 0 radical (unpaired) electrons. The van der Waals surface area contributed by atoms with Gasteiger partial charge in [-0.05, 0) is 12.8 Å². The molecule has 2 N–H and O–H groups in total. The normalized spacial score (nSPS) is 13.3. The second-order valence-corrected chi connectivity index (χ2v) is 3.99. The van der Waals surface area contributed by atoms with Gasteiger partial charge in [0.15, 0.2) is 11.5 Å². The highest BCUT2D eigenvalue weighted by atomic mass is 16.1. The lowest BCUT2D eigenvalue weighted by atomic mass is 10.0. The molecule has 0 saturated carbocycles.